The van der Waals surface area contributed by atoms with Gasteiger partial charge in [0.25, 0.3) is 0 Å². The highest BCUT2D eigenvalue weighted by Crippen LogP contribution is 2.33. The first kappa shape index (κ1) is 10.5. The second-order valence-corrected chi connectivity index (χ2v) is 4.47. The zero-order valence-corrected chi connectivity index (χ0v) is 10.2. The lowest BCUT2D eigenvalue weighted by Crippen LogP contribution is -2.25. The number of ether oxygens (including phenoxy) is 1. The van der Waals surface area contributed by atoms with E-state index in [4.69, 9.17) is 9.72 Å². The van der Waals surface area contributed by atoms with Crippen molar-refractivity contribution in [1.29, 1.82) is 0 Å². The highest BCUT2D eigenvalue weighted by molar-refractivity contribution is 5.89. The molecule has 3 nitrogen and oxygen atoms in total. The van der Waals surface area contributed by atoms with Crippen LogP contribution in [0.2, 0.25) is 0 Å². The summed E-state index contributed by atoms with van der Waals surface area (Å²) in [5, 5.41) is 4.50. The van der Waals surface area contributed by atoms with Crippen LogP contribution in [0.3, 0.4) is 0 Å². The van der Waals surface area contributed by atoms with Crippen molar-refractivity contribution in [3.63, 3.8) is 0 Å². The van der Waals surface area contributed by atoms with Crippen LogP contribution in [0.4, 0.5) is 0 Å². The third-order valence-corrected chi connectivity index (χ3v) is 3.40. The fourth-order valence-corrected chi connectivity index (χ4v) is 2.53. The standard InChI is InChI=1S/C14H16N2O/c1-9-4-3-5-10-13(9)16-12-6-7-15-8-11(12)14(10)17-2/h3-5,15H,6-8H2,1-2H3. The molecule has 1 aromatic carbocycles. The van der Waals surface area contributed by atoms with E-state index in [0.717, 1.165) is 36.2 Å². The average Bonchev–Trinajstić information content (AvgIpc) is 2.37. The van der Waals surface area contributed by atoms with Gasteiger partial charge in [-0.2, -0.15) is 0 Å². The second-order valence-electron chi connectivity index (χ2n) is 4.47. The molecule has 0 atom stereocenters. The number of hydrogen-bond donors (Lipinski definition) is 1. The number of fused-ring (bicyclic) bond motifs is 2. The number of nitrogens with zero attached hydrogens (tertiary/aromatic N) is 1. The van der Waals surface area contributed by atoms with Gasteiger partial charge in [-0.25, -0.2) is 0 Å². The Balaban J connectivity index is 2.39. The van der Waals surface area contributed by atoms with Crippen molar-refractivity contribution in [3.05, 3.63) is 35.0 Å². The molecule has 3 heteroatoms. The van der Waals surface area contributed by atoms with E-state index >= 15 is 0 Å². The number of aromatic nitrogens is 1. The van der Waals surface area contributed by atoms with Crippen molar-refractivity contribution in [1.82, 2.24) is 10.3 Å². The zero-order chi connectivity index (χ0) is 11.8. The molecule has 0 bridgehead atoms. The van der Waals surface area contributed by atoms with Gasteiger partial charge >= 0.3 is 0 Å². The minimum atomic E-state index is 0.857. The van der Waals surface area contributed by atoms with Crippen LogP contribution in [-0.4, -0.2) is 18.6 Å². The summed E-state index contributed by atoms with van der Waals surface area (Å²) >= 11 is 0. The van der Waals surface area contributed by atoms with Crippen LogP contribution in [0.25, 0.3) is 10.9 Å². The molecule has 0 saturated carbocycles. The fraction of sp³-hybridized carbons (Fsp3) is 0.357. The topological polar surface area (TPSA) is 34.1 Å². The molecule has 2 heterocycles. The van der Waals surface area contributed by atoms with Crippen molar-refractivity contribution >= 4 is 10.9 Å². The number of pyridine rings is 1. The molecule has 0 unspecified atom stereocenters. The molecule has 1 aromatic heterocycles. The number of nitrogens with one attached hydrogen (secondary N) is 1. The minimum Gasteiger partial charge on any atom is -0.496 e. The lowest BCUT2D eigenvalue weighted by Gasteiger charge is -2.21. The van der Waals surface area contributed by atoms with Crippen LogP contribution in [0.15, 0.2) is 18.2 Å². The number of benzene rings is 1. The third-order valence-electron chi connectivity index (χ3n) is 3.40. The van der Waals surface area contributed by atoms with Gasteiger partial charge in [0.15, 0.2) is 0 Å². The van der Waals surface area contributed by atoms with E-state index in [1.165, 1.54) is 16.8 Å². The van der Waals surface area contributed by atoms with Crippen molar-refractivity contribution in [2.75, 3.05) is 13.7 Å². The SMILES string of the molecule is COc1c2c(nc3c(C)cccc13)CCNC2. The first-order valence-corrected chi connectivity index (χ1v) is 5.97. The van der Waals surface area contributed by atoms with Crippen molar-refractivity contribution in [2.45, 2.75) is 19.9 Å². The van der Waals surface area contributed by atoms with Gasteiger partial charge in [0, 0.05) is 30.5 Å². The predicted octanol–water partition coefficient (Wildman–Crippen LogP) is 2.20. The van der Waals surface area contributed by atoms with E-state index in [9.17, 15) is 0 Å². The summed E-state index contributed by atoms with van der Waals surface area (Å²) in [4.78, 5) is 4.80. The summed E-state index contributed by atoms with van der Waals surface area (Å²) < 4.78 is 5.60. The molecule has 0 saturated heterocycles. The molecular weight excluding hydrogens is 212 g/mol. The molecule has 2 aromatic rings. The minimum absolute atomic E-state index is 0.857. The second kappa shape index (κ2) is 4.00. The van der Waals surface area contributed by atoms with Gasteiger partial charge in [-0.05, 0) is 18.6 Å². The van der Waals surface area contributed by atoms with Crippen LogP contribution in [0.5, 0.6) is 5.75 Å². The summed E-state index contributed by atoms with van der Waals surface area (Å²) in [6.07, 6.45) is 0.982. The fourth-order valence-electron chi connectivity index (χ4n) is 2.53. The molecule has 1 N–H and O–H groups in total. The normalized spacial score (nSPS) is 14.7. The highest BCUT2D eigenvalue weighted by atomic mass is 16.5. The quantitative estimate of drug-likeness (QED) is 0.812. The zero-order valence-electron chi connectivity index (χ0n) is 10.2. The predicted molar refractivity (Wildman–Crippen MR) is 68.4 cm³/mol. The maximum atomic E-state index is 5.60. The maximum Gasteiger partial charge on any atom is 0.134 e. The van der Waals surface area contributed by atoms with Crippen LogP contribution >= 0.6 is 0 Å². The van der Waals surface area contributed by atoms with Crippen LogP contribution in [0.1, 0.15) is 16.8 Å². The molecule has 0 spiro atoms. The van der Waals surface area contributed by atoms with E-state index in [1.54, 1.807) is 7.11 Å². The smallest absolute Gasteiger partial charge is 0.134 e. The number of methoxy groups -OCH3 is 1. The van der Waals surface area contributed by atoms with Gasteiger partial charge in [-0.3, -0.25) is 4.98 Å². The Kier molecular flexibility index (Phi) is 2.48. The molecular formula is C14H16N2O. The first-order valence-electron chi connectivity index (χ1n) is 5.97. The number of hydrogen-bond acceptors (Lipinski definition) is 3. The Morgan fingerprint density at radius 1 is 1.35 bits per heavy atom. The summed E-state index contributed by atoms with van der Waals surface area (Å²) in [6, 6.07) is 6.25. The molecule has 0 fully saturated rings. The van der Waals surface area contributed by atoms with Gasteiger partial charge in [0.05, 0.1) is 18.3 Å². The lowest BCUT2D eigenvalue weighted by atomic mass is 10.0. The number of aryl methyl sites for hydroxylation is 1. The third kappa shape index (κ3) is 1.58. The molecule has 17 heavy (non-hydrogen) atoms. The molecule has 0 aliphatic carbocycles. The Hall–Kier alpha value is -1.61. The van der Waals surface area contributed by atoms with Gasteiger partial charge in [-0.15, -0.1) is 0 Å². The Morgan fingerprint density at radius 2 is 2.24 bits per heavy atom. The summed E-state index contributed by atoms with van der Waals surface area (Å²) in [6.45, 7) is 3.96. The number of rotatable bonds is 1. The van der Waals surface area contributed by atoms with Crippen LogP contribution in [0, 0.1) is 6.92 Å². The van der Waals surface area contributed by atoms with E-state index in [2.05, 4.69) is 30.4 Å². The molecule has 1 aliphatic heterocycles. The first-order chi connectivity index (χ1) is 8.31. The van der Waals surface area contributed by atoms with Crippen molar-refractivity contribution in [3.8, 4) is 5.75 Å². The molecule has 3 rings (SSSR count). The van der Waals surface area contributed by atoms with E-state index in [1.807, 2.05) is 0 Å². The molecule has 88 valence electrons. The van der Waals surface area contributed by atoms with Gasteiger partial charge < -0.3 is 10.1 Å². The molecule has 1 aliphatic rings. The van der Waals surface area contributed by atoms with Crippen LogP contribution < -0.4 is 10.1 Å². The molecule has 0 amide bonds. The highest BCUT2D eigenvalue weighted by Gasteiger charge is 2.18. The lowest BCUT2D eigenvalue weighted by molar-refractivity contribution is 0.409. The van der Waals surface area contributed by atoms with Gasteiger partial charge in [0.2, 0.25) is 0 Å². The van der Waals surface area contributed by atoms with Crippen LogP contribution in [-0.2, 0) is 13.0 Å². The van der Waals surface area contributed by atoms with Gasteiger partial charge in [-0.1, -0.05) is 12.1 Å². The average molecular weight is 228 g/mol. The maximum absolute atomic E-state index is 5.60. The summed E-state index contributed by atoms with van der Waals surface area (Å²) in [5.74, 6) is 0.987. The Morgan fingerprint density at radius 3 is 3.06 bits per heavy atom. The van der Waals surface area contributed by atoms with Crippen molar-refractivity contribution < 1.29 is 4.74 Å². The van der Waals surface area contributed by atoms with E-state index in [0.29, 0.717) is 0 Å². The Labute approximate surface area is 101 Å². The van der Waals surface area contributed by atoms with Crippen molar-refractivity contribution in [2.24, 2.45) is 0 Å². The van der Waals surface area contributed by atoms with E-state index in [-0.39, 0.29) is 0 Å². The molecule has 0 radical (unpaired) electrons. The number of para-hydroxylation sites is 1. The summed E-state index contributed by atoms with van der Waals surface area (Å²) in [5.41, 5.74) is 4.69. The van der Waals surface area contributed by atoms with Gasteiger partial charge in [0.1, 0.15) is 5.75 Å². The summed E-state index contributed by atoms with van der Waals surface area (Å²) in [7, 11) is 1.74. The largest absolute Gasteiger partial charge is 0.496 e. The Bertz CT molecular complexity index is 578. The van der Waals surface area contributed by atoms with E-state index < -0.39 is 0 Å². The monoisotopic (exact) mass is 228 g/mol.